The number of carbonyl (C=O) groups is 2. The smallest absolute Gasteiger partial charge is 0.148 e. The summed E-state index contributed by atoms with van der Waals surface area (Å²) in [6, 6.07) is 8.42. The molecule has 0 unspecified atom stereocenters. The zero-order chi connectivity index (χ0) is 16.2. The van der Waals surface area contributed by atoms with E-state index in [1.54, 1.807) is 0 Å². The number of nitrogens with zero attached hydrogens (tertiary/aromatic N) is 1. The molecule has 1 aromatic carbocycles. The number of para-hydroxylation sites is 1. The van der Waals surface area contributed by atoms with E-state index in [4.69, 9.17) is 0 Å². The molecule has 3 nitrogen and oxygen atoms in total. The van der Waals surface area contributed by atoms with Gasteiger partial charge in [0.1, 0.15) is 17.0 Å². The van der Waals surface area contributed by atoms with Gasteiger partial charge in [0.05, 0.1) is 6.04 Å². The molecule has 3 aliphatic rings. The summed E-state index contributed by atoms with van der Waals surface area (Å²) in [6.45, 7) is 5.47. The van der Waals surface area contributed by atoms with Crippen LogP contribution in [0, 0.1) is 17.3 Å². The predicted molar refractivity (Wildman–Crippen MR) is 90.5 cm³/mol. The summed E-state index contributed by atoms with van der Waals surface area (Å²) in [4.78, 5) is 28.5. The van der Waals surface area contributed by atoms with Gasteiger partial charge in [0.25, 0.3) is 0 Å². The predicted octanol–water partition coefficient (Wildman–Crippen LogP) is 3.40. The molecule has 1 saturated heterocycles. The van der Waals surface area contributed by atoms with Gasteiger partial charge in [0, 0.05) is 25.1 Å². The molecule has 0 bridgehead atoms. The van der Waals surface area contributed by atoms with Gasteiger partial charge >= 0.3 is 0 Å². The van der Waals surface area contributed by atoms with Gasteiger partial charge < -0.3 is 4.90 Å². The maximum atomic E-state index is 13.0. The zero-order valence-corrected chi connectivity index (χ0v) is 14.0. The third-order valence-electron chi connectivity index (χ3n) is 6.24. The number of anilines is 1. The van der Waals surface area contributed by atoms with E-state index >= 15 is 0 Å². The number of fused-ring (bicyclic) bond motifs is 4. The van der Waals surface area contributed by atoms with Crippen molar-refractivity contribution in [2.75, 3.05) is 11.4 Å². The number of rotatable bonds is 0. The Morgan fingerprint density at radius 1 is 1.09 bits per heavy atom. The van der Waals surface area contributed by atoms with Crippen LogP contribution in [0.5, 0.6) is 0 Å². The number of hydrogen-bond donors (Lipinski definition) is 0. The Hall–Kier alpha value is -1.64. The normalized spacial score (nSPS) is 32.6. The molecule has 2 heterocycles. The van der Waals surface area contributed by atoms with E-state index < -0.39 is 5.41 Å². The van der Waals surface area contributed by atoms with Crippen molar-refractivity contribution in [2.45, 2.75) is 52.0 Å². The Bertz CT molecular complexity index is 649. The molecular weight excluding hydrogens is 286 g/mol. The highest BCUT2D eigenvalue weighted by atomic mass is 16.2. The van der Waals surface area contributed by atoms with E-state index in [9.17, 15) is 9.59 Å². The highest BCUT2D eigenvalue weighted by molar-refractivity contribution is 6.11. The van der Waals surface area contributed by atoms with Gasteiger partial charge in [-0.05, 0) is 42.7 Å². The monoisotopic (exact) mass is 311 g/mol. The summed E-state index contributed by atoms with van der Waals surface area (Å²) in [5, 5.41) is 0. The Labute approximate surface area is 138 Å². The summed E-state index contributed by atoms with van der Waals surface area (Å²) >= 11 is 0. The van der Waals surface area contributed by atoms with Gasteiger partial charge in [-0.2, -0.15) is 0 Å². The van der Waals surface area contributed by atoms with Crippen LogP contribution in [-0.4, -0.2) is 24.2 Å². The lowest BCUT2D eigenvalue weighted by Gasteiger charge is -2.56. The average Bonchev–Trinajstić information content (AvgIpc) is 2.52. The minimum atomic E-state index is -0.786. The van der Waals surface area contributed by atoms with E-state index in [0.717, 1.165) is 19.4 Å². The Morgan fingerprint density at radius 2 is 1.78 bits per heavy atom. The minimum absolute atomic E-state index is 0.0499. The van der Waals surface area contributed by atoms with Gasteiger partial charge in [-0.25, -0.2) is 0 Å². The van der Waals surface area contributed by atoms with E-state index in [1.165, 1.54) is 11.3 Å². The van der Waals surface area contributed by atoms with Crippen LogP contribution in [-0.2, 0) is 16.0 Å². The molecule has 0 aromatic heterocycles. The number of ketones is 2. The van der Waals surface area contributed by atoms with Gasteiger partial charge in [-0.15, -0.1) is 0 Å². The molecule has 3 atom stereocenters. The number of carbonyl (C=O) groups excluding carboxylic acids is 2. The van der Waals surface area contributed by atoms with Gasteiger partial charge in [-0.1, -0.05) is 32.0 Å². The molecule has 3 heteroatoms. The van der Waals surface area contributed by atoms with Crippen LogP contribution in [0.1, 0.15) is 45.1 Å². The molecule has 1 aliphatic carbocycles. The minimum Gasteiger partial charge on any atom is -0.366 e. The van der Waals surface area contributed by atoms with Gasteiger partial charge in [0.2, 0.25) is 0 Å². The third-order valence-corrected chi connectivity index (χ3v) is 6.24. The molecular formula is C20H25NO2. The number of piperidine rings is 1. The molecule has 4 rings (SSSR count). The van der Waals surface area contributed by atoms with Crippen LogP contribution in [0.2, 0.25) is 0 Å². The summed E-state index contributed by atoms with van der Waals surface area (Å²) in [5.41, 5.74) is 1.63. The van der Waals surface area contributed by atoms with Crippen molar-refractivity contribution in [3.05, 3.63) is 29.8 Å². The summed E-state index contributed by atoms with van der Waals surface area (Å²) < 4.78 is 0. The summed E-state index contributed by atoms with van der Waals surface area (Å²) in [7, 11) is 0. The molecule has 2 aliphatic heterocycles. The molecule has 122 valence electrons. The number of hydrogen-bond acceptors (Lipinski definition) is 3. The van der Waals surface area contributed by atoms with Crippen LogP contribution < -0.4 is 4.90 Å². The topological polar surface area (TPSA) is 37.4 Å². The van der Waals surface area contributed by atoms with E-state index in [1.807, 2.05) is 6.07 Å². The number of Topliss-reactive ketones (excluding diaryl/α,β-unsaturated/α-hetero) is 2. The fourth-order valence-corrected chi connectivity index (χ4v) is 5.48. The lowest BCUT2D eigenvalue weighted by atomic mass is 9.57. The second-order valence-corrected chi connectivity index (χ2v) is 7.89. The molecule has 0 amide bonds. The zero-order valence-electron chi connectivity index (χ0n) is 14.0. The van der Waals surface area contributed by atoms with E-state index in [0.29, 0.717) is 31.1 Å². The highest BCUT2D eigenvalue weighted by Gasteiger charge is 2.59. The molecule has 0 radical (unpaired) electrons. The molecule has 1 aromatic rings. The fraction of sp³-hybridized carbons (Fsp3) is 0.600. The first kappa shape index (κ1) is 14.9. The SMILES string of the molecule is C[C@@H]1C[C@@H](C)[C@H]2N(C1)c1ccccc1CC21C(=O)CCCC1=O. The summed E-state index contributed by atoms with van der Waals surface area (Å²) in [6.07, 6.45) is 3.59. The standard InChI is InChI=1S/C20H25NO2/c1-13-10-14(2)19-20(17(22)8-5-9-18(20)23)11-15-6-3-4-7-16(15)21(19)12-13/h3-4,6-7,13-14,19H,5,8-12H2,1-2H3/t13-,14-,19-/m1/s1. The van der Waals surface area contributed by atoms with E-state index in [2.05, 4.69) is 36.9 Å². The Balaban J connectivity index is 1.91. The van der Waals surface area contributed by atoms with Crippen molar-refractivity contribution in [3.8, 4) is 0 Å². The van der Waals surface area contributed by atoms with Crippen molar-refractivity contribution in [3.63, 3.8) is 0 Å². The van der Waals surface area contributed by atoms with Crippen molar-refractivity contribution >= 4 is 17.3 Å². The molecule has 1 saturated carbocycles. The van der Waals surface area contributed by atoms with Crippen LogP contribution >= 0.6 is 0 Å². The largest absolute Gasteiger partial charge is 0.366 e. The summed E-state index contributed by atoms with van der Waals surface area (Å²) in [5.74, 6) is 1.36. The van der Waals surface area contributed by atoms with Crippen LogP contribution in [0.3, 0.4) is 0 Å². The molecule has 1 spiro atoms. The Kier molecular flexibility index (Phi) is 3.36. The van der Waals surface area contributed by atoms with E-state index in [-0.39, 0.29) is 17.6 Å². The maximum Gasteiger partial charge on any atom is 0.148 e. The van der Waals surface area contributed by atoms with Crippen LogP contribution in [0.4, 0.5) is 5.69 Å². The Morgan fingerprint density at radius 3 is 2.52 bits per heavy atom. The number of benzene rings is 1. The lowest BCUT2D eigenvalue weighted by Crippen LogP contribution is -2.66. The van der Waals surface area contributed by atoms with Crippen molar-refractivity contribution in [1.82, 2.24) is 0 Å². The van der Waals surface area contributed by atoms with Gasteiger partial charge in [0.15, 0.2) is 0 Å². The maximum absolute atomic E-state index is 13.0. The first-order valence-electron chi connectivity index (χ1n) is 8.95. The molecule has 0 N–H and O–H groups in total. The second kappa shape index (κ2) is 5.19. The highest BCUT2D eigenvalue weighted by Crippen LogP contribution is 2.51. The third kappa shape index (κ3) is 2.02. The van der Waals surface area contributed by atoms with Crippen LogP contribution in [0.15, 0.2) is 24.3 Å². The first-order valence-corrected chi connectivity index (χ1v) is 8.95. The molecule has 2 fully saturated rings. The molecule has 23 heavy (non-hydrogen) atoms. The van der Waals surface area contributed by atoms with Crippen molar-refractivity contribution in [1.29, 1.82) is 0 Å². The van der Waals surface area contributed by atoms with Crippen molar-refractivity contribution < 1.29 is 9.59 Å². The lowest BCUT2D eigenvalue weighted by molar-refractivity contribution is -0.147. The van der Waals surface area contributed by atoms with Crippen molar-refractivity contribution in [2.24, 2.45) is 17.3 Å². The average molecular weight is 311 g/mol. The van der Waals surface area contributed by atoms with Gasteiger partial charge in [-0.3, -0.25) is 9.59 Å². The quantitative estimate of drug-likeness (QED) is 0.689. The second-order valence-electron chi connectivity index (χ2n) is 7.89. The first-order chi connectivity index (χ1) is 11.0. The van der Waals surface area contributed by atoms with Crippen LogP contribution in [0.25, 0.3) is 0 Å². The fourth-order valence-electron chi connectivity index (χ4n) is 5.48.